The maximum Gasteiger partial charge on any atom is 0.256 e. The van der Waals surface area contributed by atoms with E-state index in [0.717, 1.165) is 11.3 Å². The van der Waals surface area contributed by atoms with E-state index in [1.165, 1.54) is 18.2 Å². The highest BCUT2D eigenvalue weighted by Gasteiger charge is 2.14. The Kier molecular flexibility index (Phi) is 5.40. The number of ether oxygens (including phenoxy) is 1. The predicted octanol–water partition coefficient (Wildman–Crippen LogP) is 3.27. The standard InChI is InChI=1S/C17H13ClFNO2/c1-22-13-9-7-12(8-10-13)4-3-11-20-17(21)16-14(18)5-2-6-15(16)19/h2,5-10H,11H2,1H3,(H,20,21). The number of carbonyl (C=O) groups excluding carboxylic acids is 1. The van der Waals surface area contributed by atoms with Gasteiger partial charge in [0.15, 0.2) is 0 Å². The first-order valence-corrected chi connectivity index (χ1v) is 6.84. The van der Waals surface area contributed by atoms with E-state index in [4.69, 9.17) is 16.3 Å². The molecule has 0 aliphatic heterocycles. The molecule has 0 fully saturated rings. The van der Waals surface area contributed by atoms with Gasteiger partial charge in [-0.2, -0.15) is 0 Å². The van der Waals surface area contributed by atoms with Gasteiger partial charge in [-0.15, -0.1) is 0 Å². The minimum absolute atomic E-state index is 0.0700. The van der Waals surface area contributed by atoms with E-state index in [-0.39, 0.29) is 17.1 Å². The molecule has 0 saturated heterocycles. The highest BCUT2D eigenvalue weighted by molar-refractivity contribution is 6.33. The molecule has 2 aromatic rings. The van der Waals surface area contributed by atoms with Crippen molar-refractivity contribution in [1.82, 2.24) is 5.32 Å². The molecule has 0 radical (unpaired) electrons. The summed E-state index contributed by atoms with van der Waals surface area (Å²) >= 11 is 5.81. The van der Waals surface area contributed by atoms with E-state index in [1.807, 2.05) is 0 Å². The molecule has 22 heavy (non-hydrogen) atoms. The SMILES string of the molecule is COc1ccc(C#CCNC(=O)c2c(F)cccc2Cl)cc1. The Morgan fingerprint density at radius 2 is 2.00 bits per heavy atom. The van der Waals surface area contributed by atoms with Crippen LogP contribution in [0.3, 0.4) is 0 Å². The van der Waals surface area contributed by atoms with E-state index in [0.29, 0.717) is 0 Å². The molecule has 0 aliphatic carbocycles. The van der Waals surface area contributed by atoms with E-state index in [9.17, 15) is 9.18 Å². The zero-order valence-electron chi connectivity index (χ0n) is 11.8. The van der Waals surface area contributed by atoms with Crippen molar-refractivity contribution in [3.05, 3.63) is 64.4 Å². The molecular formula is C17H13ClFNO2. The fraction of sp³-hybridized carbons (Fsp3) is 0.118. The summed E-state index contributed by atoms with van der Waals surface area (Å²) in [6.45, 7) is 0.0928. The summed E-state index contributed by atoms with van der Waals surface area (Å²) in [4.78, 5) is 11.9. The van der Waals surface area contributed by atoms with Crippen molar-refractivity contribution in [2.75, 3.05) is 13.7 Å². The molecule has 2 rings (SSSR count). The summed E-state index contributed by atoms with van der Waals surface area (Å²) in [5, 5.41) is 2.58. The molecule has 0 saturated carbocycles. The lowest BCUT2D eigenvalue weighted by Crippen LogP contribution is -2.25. The van der Waals surface area contributed by atoms with Crippen molar-refractivity contribution in [2.24, 2.45) is 0 Å². The zero-order chi connectivity index (χ0) is 15.9. The first-order chi connectivity index (χ1) is 10.6. The van der Waals surface area contributed by atoms with Crippen molar-refractivity contribution >= 4 is 17.5 Å². The lowest BCUT2D eigenvalue weighted by molar-refractivity contribution is 0.0955. The lowest BCUT2D eigenvalue weighted by Gasteiger charge is -2.04. The van der Waals surface area contributed by atoms with Crippen LogP contribution >= 0.6 is 11.6 Å². The zero-order valence-corrected chi connectivity index (χ0v) is 12.6. The molecule has 2 aromatic carbocycles. The van der Waals surface area contributed by atoms with Gasteiger partial charge in [-0.3, -0.25) is 4.79 Å². The molecule has 1 N–H and O–H groups in total. The van der Waals surface area contributed by atoms with E-state index in [1.54, 1.807) is 31.4 Å². The summed E-state index contributed by atoms with van der Waals surface area (Å²) in [6.07, 6.45) is 0. The van der Waals surface area contributed by atoms with Crippen molar-refractivity contribution in [2.45, 2.75) is 0 Å². The van der Waals surface area contributed by atoms with Gasteiger partial charge in [0.05, 0.1) is 24.2 Å². The van der Waals surface area contributed by atoms with Crippen LogP contribution in [0.4, 0.5) is 4.39 Å². The number of benzene rings is 2. The summed E-state index contributed by atoms with van der Waals surface area (Å²) < 4.78 is 18.6. The topological polar surface area (TPSA) is 38.3 Å². The van der Waals surface area contributed by atoms with Crippen LogP contribution in [0.15, 0.2) is 42.5 Å². The molecule has 0 bridgehead atoms. The Balaban J connectivity index is 1.96. The summed E-state index contributed by atoms with van der Waals surface area (Å²) in [5.74, 6) is 5.17. The average Bonchev–Trinajstić information content (AvgIpc) is 2.52. The second kappa shape index (κ2) is 7.48. The number of methoxy groups -OCH3 is 1. The Labute approximate surface area is 133 Å². The first-order valence-electron chi connectivity index (χ1n) is 6.47. The minimum atomic E-state index is -0.659. The summed E-state index contributed by atoms with van der Waals surface area (Å²) in [7, 11) is 1.59. The Morgan fingerprint density at radius 1 is 1.27 bits per heavy atom. The Bertz CT molecular complexity index is 712. The van der Waals surface area contributed by atoms with Crippen LogP contribution in [0.5, 0.6) is 5.75 Å². The molecule has 0 aromatic heterocycles. The third-order valence-corrected chi connectivity index (χ3v) is 3.16. The molecule has 0 heterocycles. The molecule has 1 amide bonds. The number of amides is 1. The number of halogens is 2. The van der Waals surface area contributed by atoms with Crippen LogP contribution in [0.25, 0.3) is 0 Å². The largest absolute Gasteiger partial charge is 0.497 e. The average molecular weight is 318 g/mol. The fourth-order valence-electron chi connectivity index (χ4n) is 1.75. The second-order valence-electron chi connectivity index (χ2n) is 4.31. The second-order valence-corrected chi connectivity index (χ2v) is 4.72. The van der Waals surface area contributed by atoms with Crippen molar-refractivity contribution in [3.8, 4) is 17.6 Å². The molecule has 0 atom stereocenters. The Morgan fingerprint density at radius 3 is 2.64 bits per heavy atom. The molecule has 112 valence electrons. The monoisotopic (exact) mass is 317 g/mol. The number of nitrogens with one attached hydrogen (secondary N) is 1. The van der Waals surface area contributed by atoms with Crippen LogP contribution in [0, 0.1) is 17.7 Å². The maximum atomic E-state index is 13.6. The normalized spacial score (nSPS) is 9.59. The molecule has 3 nitrogen and oxygen atoms in total. The molecular weight excluding hydrogens is 305 g/mol. The quantitative estimate of drug-likeness (QED) is 0.882. The van der Waals surface area contributed by atoms with E-state index in [2.05, 4.69) is 17.2 Å². The van der Waals surface area contributed by atoms with Gasteiger partial charge >= 0.3 is 0 Å². The molecule has 5 heteroatoms. The highest BCUT2D eigenvalue weighted by Crippen LogP contribution is 2.18. The van der Waals surface area contributed by atoms with Crippen LogP contribution in [0.1, 0.15) is 15.9 Å². The fourth-order valence-corrected chi connectivity index (χ4v) is 2.00. The van der Waals surface area contributed by atoms with Crippen molar-refractivity contribution < 1.29 is 13.9 Å². The highest BCUT2D eigenvalue weighted by atomic mass is 35.5. The number of hydrogen-bond acceptors (Lipinski definition) is 2. The minimum Gasteiger partial charge on any atom is -0.497 e. The van der Waals surface area contributed by atoms with Crippen LogP contribution in [-0.4, -0.2) is 19.6 Å². The van der Waals surface area contributed by atoms with Gasteiger partial charge in [0.2, 0.25) is 0 Å². The van der Waals surface area contributed by atoms with Crippen molar-refractivity contribution in [3.63, 3.8) is 0 Å². The predicted molar refractivity (Wildman–Crippen MR) is 83.6 cm³/mol. The van der Waals surface area contributed by atoms with Crippen LogP contribution in [0.2, 0.25) is 5.02 Å². The Hall–Kier alpha value is -2.51. The van der Waals surface area contributed by atoms with E-state index < -0.39 is 11.7 Å². The smallest absolute Gasteiger partial charge is 0.256 e. The van der Waals surface area contributed by atoms with Crippen LogP contribution < -0.4 is 10.1 Å². The molecule has 0 unspecified atom stereocenters. The first kappa shape index (κ1) is 15.9. The summed E-state index contributed by atoms with van der Waals surface area (Å²) in [5.41, 5.74) is 0.620. The van der Waals surface area contributed by atoms with Crippen molar-refractivity contribution in [1.29, 1.82) is 0 Å². The number of rotatable bonds is 3. The lowest BCUT2D eigenvalue weighted by atomic mass is 10.2. The molecule has 0 spiro atoms. The van der Waals surface area contributed by atoms with Crippen LogP contribution in [-0.2, 0) is 0 Å². The number of carbonyl (C=O) groups is 1. The third kappa shape index (κ3) is 4.00. The third-order valence-electron chi connectivity index (χ3n) is 2.85. The van der Waals surface area contributed by atoms with Gasteiger partial charge < -0.3 is 10.1 Å². The van der Waals surface area contributed by atoms with Gasteiger partial charge in [-0.1, -0.05) is 29.5 Å². The van der Waals surface area contributed by atoms with E-state index >= 15 is 0 Å². The van der Waals surface area contributed by atoms with Gasteiger partial charge in [0.25, 0.3) is 5.91 Å². The van der Waals surface area contributed by atoms with Gasteiger partial charge in [0.1, 0.15) is 11.6 Å². The van der Waals surface area contributed by atoms with Gasteiger partial charge in [0, 0.05) is 5.56 Å². The van der Waals surface area contributed by atoms with Gasteiger partial charge in [-0.05, 0) is 36.4 Å². The maximum absolute atomic E-state index is 13.6. The number of hydrogen-bond donors (Lipinski definition) is 1. The van der Waals surface area contributed by atoms with Gasteiger partial charge in [-0.25, -0.2) is 4.39 Å². The molecule has 0 aliphatic rings. The summed E-state index contributed by atoms with van der Waals surface area (Å²) in [6, 6.07) is 11.3.